The average Bonchev–Trinajstić information content (AvgIpc) is 2.16. The molecule has 0 radical (unpaired) electrons. The normalized spacial score (nSPS) is 11.4. The minimum absolute atomic E-state index is 0.180. The number of sulfone groups is 1. The molecule has 0 atom stereocenters. The van der Waals surface area contributed by atoms with Crippen LogP contribution in [0, 0.1) is 0 Å². The molecule has 0 saturated carbocycles. The fourth-order valence-corrected chi connectivity index (χ4v) is 2.42. The highest BCUT2D eigenvalue weighted by atomic mass is 35.5. The molecule has 16 heavy (non-hydrogen) atoms. The van der Waals surface area contributed by atoms with Gasteiger partial charge >= 0.3 is 5.97 Å². The molecule has 1 aromatic carbocycles. The molecule has 0 bridgehead atoms. The van der Waals surface area contributed by atoms with Crippen molar-refractivity contribution in [2.45, 2.75) is 4.90 Å². The van der Waals surface area contributed by atoms with Crippen LogP contribution in [0.1, 0.15) is 10.4 Å². The molecule has 0 aromatic heterocycles. The van der Waals surface area contributed by atoms with E-state index in [4.69, 9.17) is 16.7 Å². The van der Waals surface area contributed by atoms with Crippen LogP contribution in [0.15, 0.2) is 23.1 Å². The lowest BCUT2D eigenvalue weighted by atomic mass is 10.2. The molecule has 1 N–H and O–H groups in total. The third-order valence-corrected chi connectivity index (χ3v) is 3.85. The van der Waals surface area contributed by atoms with E-state index in [9.17, 15) is 17.6 Å². The van der Waals surface area contributed by atoms with Crippen LogP contribution in [0.3, 0.4) is 0 Å². The van der Waals surface area contributed by atoms with Gasteiger partial charge in [0.1, 0.15) is 6.67 Å². The van der Waals surface area contributed by atoms with Crippen molar-refractivity contribution in [3.8, 4) is 0 Å². The lowest BCUT2D eigenvalue weighted by Crippen LogP contribution is -2.09. The molecular weight excluding hydrogens is 259 g/mol. The van der Waals surface area contributed by atoms with E-state index in [0.717, 1.165) is 18.2 Å². The Balaban J connectivity index is 3.21. The Kier molecular flexibility index (Phi) is 3.88. The van der Waals surface area contributed by atoms with Crippen LogP contribution in [-0.2, 0) is 9.84 Å². The van der Waals surface area contributed by atoms with Gasteiger partial charge in [-0.15, -0.1) is 0 Å². The SMILES string of the molecule is O=C(O)c1ccc(S(=O)(=O)CCF)cc1Cl. The zero-order chi connectivity index (χ0) is 12.3. The summed E-state index contributed by atoms with van der Waals surface area (Å²) in [6.45, 7) is -0.999. The second kappa shape index (κ2) is 4.80. The van der Waals surface area contributed by atoms with E-state index in [0.29, 0.717) is 0 Å². The number of hydrogen-bond donors (Lipinski definition) is 1. The first-order valence-electron chi connectivity index (χ1n) is 4.20. The third kappa shape index (κ3) is 2.70. The third-order valence-electron chi connectivity index (χ3n) is 1.88. The zero-order valence-electron chi connectivity index (χ0n) is 7.98. The van der Waals surface area contributed by atoms with Crippen molar-refractivity contribution >= 4 is 27.4 Å². The van der Waals surface area contributed by atoms with Crippen molar-refractivity contribution < 1.29 is 22.7 Å². The van der Waals surface area contributed by atoms with E-state index in [2.05, 4.69) is 0 Å². The molecule has 7 heteroatoms. The van der Waals surface area contributed by atoms with Gasteiger partial charge in [0.2, 0.25) is 0 Å². The van der Waals surface area contributed by atoms with E-state index in [1.807, 2.05) is 0 Å². The van der Waals surface area contributed by atoms with Gasteiger partial charge in [0.05, 0.1) is 21.2 Å². The summed E-state index contributed by atoms with van der Waals surface area (Å²) in [4.78, 5) is 10.4. The van der Waals surface area contributed by atoms with Crippen molar-refractivity contribution in [1.82, 2.24) is 0 Å². The van der Waals surface area contributed by atoms with Gasteiger partial charge in [-0.05, 0) is 18.2 Å². The van der Waals surface area contributed by atoms with Gasteiger partial charge in [0.25, 0.3) is 0 Å². The summed E-state index contributed by atoms with van der Waals surface area (Å²) in [5, 5.41) is 8.48. The van der Waals surface area contributed by atoms with Gasteiger partial charge in [-0.3, -0.25) is 0 Å². The fraction of sp³-hybridized carbons (Fsp3) is 0.222. The van der Waals surface area contributed by atoms with E-state index in [-0.39, 0.29) is 15.5 Å². The first-order chi connectivity index (χ1) is 7.38. The largest absolute Gasteiger partial charge is 0.478 e. The Morgan fingerprint density at radius 1 is 1.44 bits per heavy atom. The Labute approximate surface area is 96.6 Å². The van der Waals surface area contributed by atoms with Gasteiger partial charge in [0, 0.05) is 0 Å². The van der Waals surface area contributed by atoms with Crippen LogP contribution in [0.5, 0.6) is 0 Å². The van der Waals surface area contributed by atoms with Crippen molar-refractivity contribution in [3.63, 3.8) is 0 Å². The highest BCUT2D eigenvalue weighted by Crippen LogP contribution is 2.21. The Morgan fingerprint density at radius 3 is 2.50 bits per heavy atom. The molecule has 0 fully saturated rings. The summed E-state index contributed by atoms with van der Waals surface area (Å²) >= 11 is 5.59. The molecule has 0 aliphatic rings. The Morgan fingerprint density at radius 2 is 2.06 bits per heavy atom. The second-order valence-corrected chi connectivity index (χ2v) is 5.47. The van der Waals surface area contributed by atoms with Crippen molar-refractivity contribution in [3.05, 3.63) is 28.8 Å². The van der Waals surface area contributed by atoms with Gasteiger partial charge < -0.3 is 5.11 Å². The first-order valence-corrected chi connectivity index (χ1v) is 6.23. The monoisotopic (exact) mass is 266 g/mol. The van der Waals surface area contributed by atoms with Crippen molar-refractivity contribution in [2.24, 2.45) is 0 Å². The van der Waals surface area contributed by atoms with E-state index >= 15 is 0 Å². The van der Waals surface area contributed by atoms with Crippen molar-refractivity contribution in [1.29, 1.82) is 0 Å². The molecule has 1 rings (SSSR count). The maximum absolute atomic E-state index is 12.0. The minimum atomic E-state index is -3.73. The minimum Gasteiger partial charge on any atom is -0.478 e. The highest BCUT2D eigenvalue weighted by Gasteiger charge is 2.17. The van der Waals surface area contributed by atoms with Gasteiger partial charge in [-0.2, -0.15) is 0 Å². The molecule has 0 heterocycles. The molecule has 4 nitrogen and oxygen atoms in total. The van der Waals surface area contributed by atoms with E-state index in [1.54, 1.807) is 0 Å². The number of carboxylic acids is 1. The number of carboxylic acid groups (broad SMARTS) is 1. The van der Waals surface area contributed by atoms with Crippen molar-refractivity contribution in [2.75, 3.05) is 12.4 Å². The van der Waals surface area contributed by atoms with Gasteiger partial charge in [0.15, 0.2) is 9.84 Å². The van der Waals surface area contributed by atoms with Crippen LogP contribution < -0.4 is 0 Å². The smallest absolute Gasteiger partial charge is 0.337 e. The summed E-state index contributed by atoms with van der Waals surface area (Å²) in [6, 6.07) is 3.19. The van der Waals surface area contributed by atoms with Crippen LogP contribution >= 0.6 is 11.6 Å². The molecule has 0 aliphatic heterocycles. The predicted octanol–water partition coefficient (Wildman–Crippen LogP) is 1.78. The summed E-state index contributed by atoms with van der Waals surface area (Å²) < 4.78 is 34.8. The number of hydrogen-bond acceptors (Lipinski definition) is 3. The number of rotatable bonds is 4. The van der Waals surface area contributed by atoms with Crippen LogP contribution in [0.25, 0.3) is 0 Å². The number of aromatic carboxylic acids is 1. The molecule has 0 unspecified atom stereocenters. The number of halogens is 2. The number of alkyl halides is 1. The number of benzene rings is 1. The molecule has 0 saturated heterocycles. The topological polar surface area (TPSA) is 71.4 Å². The van der Waals surface area contributed by atoms with Crippen LogP contribution in [0.4, 0.5) is 4.39 Å². The fourth-order valence-electron chi connectivity index (χ4n) is 1.08. The second-order valence-electron chi connectivity index (χ2n) is 2.95. The predicted molar refractivity (Wildman–Crippen MR) is 56.4 cm³/mol. The number of carbonyl (C=O) groups is 1. The molecule has 0 spiro atoms. The maximum Gasteiger partial charge on any atom is 0.337 e. The molecule has 1 aromatic rings. The molecular formula is C9H8ClFO4S. The molecule has 0 aliphatic carbocycles. The summed E-state index contributed by atoms with van der Waals surface area (Å²) in [5.74, 6) is -1.89. The Bertz CT molecular complexity index is 512. The van der Waals surface area contributed by atoms with Gasteiger partial charge in [-0.1, -0.05) is 11.6 Å². The standard InChI is InChI=1S/C9H8ClFO4S/c10-8-5-6(16(14,15)4-3-11)1-2-7(8)9(12)13/h1-2,5H,3-4H2,(H,12,13). The highest BCUT2D eigenvalue weighted by molar-refractivity contribution is 7.91. The lowest BCUT2D eigenvalue weighted by molar-refractivity contribution is 0.0697. The van der Waals surface area contributed by atoms with Crippen LogP contribution in [-0.4, -0.2) is 31.9 Å². The average molecular weight is 267 g/mol. The summed E-state index contributed by atoms with van der Waals surface area (Å²) in [7, 11) is -3.73. The molecule has 88 valence electrons. The molecule has 0 amide bonds. The zero-order valence-corrected chi connectivity index (χ0v) is 9.55. The van der Waals surface area contributed by atoms with Crippen LogP contribution in [0.2, 0.25) is 5.02 Å². The quantitative estimate of drug-likeness (QED) is 0.902. The summed E-state index contributed by atoms with van der Waals surface area (Å²) in [5.41, 5.74) is -0.194. The lowest BCUT2D eigenvalue weighted by Gasteiger charge is -2.04. The Hall–Kier alpha value is -1.14. The summed E-state index contributed by atoms with van der Waals surface area (Å²) in [6.07, 6.45) is 0. The van der Waals surface area contributed by atoms with E-state index in [1.165, 1.54) is 0 Å². The van der Waals surface area contributed by atoms with E-state index < -0.39 is 28.2 Å². The van der Waals surface area contributed by atoms with Gasteiger partial charge in [-0.25, -0.2) is 17.6 Å². The maximum atomic E-state index is 12.0. The first kappa shape index (κ1) is 12.9.